The third kappa shape index (κ3) is 0.849. The van der Waals surface area contributed by atoms with E-state index in [1.807, 2.05) is 12.1 Å². The van der Waals surface area contributed by atoms with Gasteiger partial charge in [-0.05, 0) is 24.3 Å². The Hall–Kier alpha value is -1.97. The van der Waals surface area contributed by atoms with Crippen molar-refractivity contribution in [2.75, 3.05) is 0 Å². The van der Waals surface area contributed by atoms with E-state index in [9.17, 15) is 4.48 Å². The molecule has 0 radical (unpaired) electrons. The highest BCUT2D eigenvalue weighted by Crippen LogP contribution is 2.22. The molecular weight excluding hydrogens is 181 g/mol. The number of benzene rings is 1. The molecule has 3 nitrogen and oxygen atoms in total. The van der Waals surface area contributed by atoms with Crippen molar-refractivity contribution in [3.8, 4) is 0 Å². The van der Waals surface area contributed by atoms with Crippen molar-refractivity contribution in [3.63, 3.8) is 0 Å². The fourth-order valence-electron chi connectivity index (χ4n) is 1.62. The van der Waals surface area contributed by atoms with Crippen LogP contribution in [0.4, 0.5) is 4.48 Å². The Morgan fingerprint density at radius 2 is 1.93 bits per heavy atom. The van der Waals surface area contributed by atoms with E-state index in [1.54, 1.807) is 18.3 Å². The first-order valence-electron chi connectivity index (χ1n) is 4.23. The molecule has 1 aromatic carbocycles. The molecule has 0 spiro atoms. The van der Waals surface area contributed by atoms with Crippen LogP contribution in [-0.4, -0.2) is 14.8 Å². The second kappa shape index (κ2) is 2.51. The monoisotopic (exact) mass is 187 g/mol. The summed E-state index contributed by atoms with van der Waals surface area (Å²) in [6.45, 7) is 0. The Morgan fingerprint density at radius 1 is 1.07 bits per heavy atom. The van der Waals surface area contributed by atoms with Gasteiger partial charge in [0.25, 0.3) is 0 Å². The van der Waals surface area contributed by atoms with Gasteiger partial charge in [0.1, 0.15) is 11.8 Å². The largest absolute Gasteiger partial charge is 0.256 e. The van der Waals surface area contributed by atoms with E-state index >= 15 is 0 Å². The van der Waals surface area contributed by atoms with Crippen LogP contribution < -0.4 is 0 Å². The van der Waals surface area contributed by atoms with Crippen molar-refractivity contribution in [1.82, 2.24) is 14.8 Å². The minimum absolute atomic E-state index is 0.482. The van der Waals surface area contributed by atoms with E-state index in [2.05, 4.69) is 9.97 Å². The summed E-state index contributed by atoms with van der Waals surface area (Å²) in [5.74, 6) is 0. The first-order chi connectivity index (χ1) is 6.86. The number of halogens is 1. The van der Waals surface area contributed by atoms with Crippen molar-refractivity contribution in [1.29, 1.82) is 0 Å². The first kappa shape index (κ1) is 7.44. The second-order valence-corrected chi connectivity index (χ2v) is 3.06. The van der Waals surface area contributed by atoms with Crippen molar-refractivity contribution < 1.29 is 4.48 Å². The molecule has 0 amide bonds. The Bertz CT molecular complexity index is 615. The van der Waals surface area contributed by atoms with Crippen LogP contribution in [0.3, 0.4) is 0 Å². The van der Waals surface area contributed by atoms with Crippen molar-refractivity contribution >= 4 is 21.9 Å². The molecule has 68 valence electrons. The van der Waals surface area contributed by atoms with E-state index in [-0.39, 0.29) is 0 Å². The van der Waals surface area contributed by atoms with Gasteiger partial charge < -0.3 is 0 Å². The maximum absolute atomic E-state index is 13.3. The molecule has 4 heteroatoms. The minimum Gasteiger partial charge on any atom is -0.256 e. The number of pyridine rings is 1. The smallest absolute Gasteiger partial charge is 0.127 e. The normalized spacial score (nSPS) is 11.2. The van der Waals surface area contributed by atoms with Crippen LogP contribution in [0.5, 0.6) is 0 Å². The molecule has 0 fully saturated rings. The molecule has 0 atom stereocenters. The topological polar surface area (TPSA) is 30.7 Å². The van der Waals surface area contributed by atoms with E-state index in [1.165, 1.54) is 0 Å². The molecule has 0 N–H and O–H groups in total. The van der Waals surface area contributed by atoms with Crippen LogP contribution in [0.25, 0.3) is 21.9 Å². The third-order valence-electron chi connectivity index (χ3n) is 2.25. The van der Waals surface area contributed by atoms with Crippen molar-refractivity contribution in [3.05, 3.63) is 36.8 Å². The molecule has 2 heterocycles. The fraction of sp³-hybridized carbons (Fsp3) is 0. The molecule has 14 heavy (non-hydrogen) atoms. The molecule has 3 rings (SSSR count). The number of nitrogens with zero attached hydrogens (tertiary/aromatic N) is 3. The molecule has 3 aromatic rings. The highest BCUT2D eigenvalue weighted by Gasteiger charge is 2.06. The molecule has 0 aliphatic heterocycles. The van der Waals surface area contributed by atoms with E-state index < -0.39 is 0 Å². The van der Waals surface area contributed by atoms with Gasteiger partial charge in [-0.15, -0.1) is 0 Å². The van der Waals surface area contributed by atoms with E-state index in [4.69, 9.17) is 0 Å². The van der Waals surface area contributed by atoms with E-state index in [0.717, 1.165) is 17.2 Å². The summed E-state index contributed by atoms with van der Waals surface area (Å²) in [5.41, 5.74) is 1.91. The molecule has 0 saturated carbocycles. The molecule has 2 aromatic heterocycles. The molecule has 0 bridgehead atoms. The summed E-state index contributed by atoms with van der Waals surface area (Å²) in [5, 5.41) is 0.782. The zero-order valence-electron chi connectivity index (χ0n) is 7.18. The predicted molar refractivity (Wildman–Crippen MR) is 51.5 cm³/mol. The highest BCUT2D eigenvalue weighted by atomic mass is 19.2. The lowest BCUT2D eigenvalue weighted by Crippen LogP contribution is -1.82. The quantitative estimate of drug-likeness (QED) is 0.540. The zero-order valence-corrected chi connectivity index (χ0v) is 7.18. The number of hydrogen-bond acceptors (Lipinski definition) is 2. The van der Waals surface area contributed by atoms with Crippen molar-refractivity contribution in [2.45, 2.75) is 0 Å². The lowest BCUT2D eigenvalue weighted by atomic mass is 10.2. The molecule has 0 aliphatic carbocycles. The van der Waals surface area contributed by atoms with Gasteiger partial charge in [0.2, 0.25) is 0 Å². The Morgan fingerprint density at radius 3 is 2.86 bits per heavy atom. The SMILES string of the molecule is Fn1cnc2ccc3ncccc3c21. The number of aromatic nitrogens is 3. The second-order valence-electron chi connectivity index (χ2n) is 3.06. The Kier molecular flexibility index (Phi) is 1.33. The maximum atomic E-state index is 13.3. The number of rotatable bonds is 0. The van der Waals surface area contributed by atoms with Crippen LogP contribution in [0.2, 0.25) is 0 Å². The lowest BCUT2D eigenvalue weighted by molar-refractivity contribution is 0.385. The number of hydrogen-bond donors (Lipinski definition) is 0. The lowest BCUT2D eigenvalue weighted by Gasteiger charge is -1.97. The summed E-state index contributed by atoms with van der Waals surface area (Å²) in [6.07, 6.45) is 2.85. The number of imidazole rings is 1. The summed E-state index contributed by atoms with van der Waals surface area (Å²) < 4.78 is 13.3. The van der Waals surface area contributed by atoms with Crippen LogP contribution in [0.15, 0.2) is 36.8 Å². The average Bonchev–Trinajstić information content (AvgIpc) is 2.61. The summed E-state index contributed by atoms with van der Waals surface area (Å²) in [4.78, 5) is 8.60. The standard InChI is InChI=1S/C10H6FN3/c11-14-6-13-9-4-3-8-7(10(9)14)2-1-5-12-8/h1-6H. The van der Waals surface area contributed by atoms with Crippen LogP contribution in [-0.2, 0) is 0 Å². The summed E-state index contributed by atoms with van der Waals surface area (Å²) >= 11 is 0. The average molecular weight is 187 g/mol. The highest BCUT2D eigenvalue weighted by molar-refractivity contribution is 6.02. The first-order valence-corrected chi connectivity index (χ1v) is 4.23. The minimum atomic E-state index is 0.482. The van der Waals surface area contributed by atoms with Crippen molar-refractivity contribution in [2.24, 2.45) is 0 Å². The van der Waals surface area contributed by atoms with Gasteiger partial charge in [0.05, 0.1) is 11.0 Å². The molecule has 0 aliphatic rings. The van der Waals surface area contributed by atoms with Crippen LogP contribution in [0, 0.1) is 0 Å². The van der Waals surface area contributed by atoms with Gasteiger partial charge in [0.15, 0.2) is 0 Å². The Balaban J connectivity index is 2.65. The van der Waals surface area contributed by atoms with Gasteiger partial charge >= 0.3 is 0 Å². The third-order valence-corrected chi connectivity index (χ3v) is 2.25. The van der Waals surface area contributed by atoms with Gasteiger partial charge in [-0.25, -0.2) is 4.98 Å². The van der Waals surface area contributed by atoms with Gasteiger partial charge in [0, 0.05) is 11.6 Å². The Labute approximate surface area is 78.8 Å². The summed E-state index contributed by atoms with van der Waals surface area (Å²) in [6, 6.07) is 7.22. The fourth-order valence-corrected chi connectivity index (χ4v) is 1.62. The molecule has 0 saturated heterocycles. The van der Waals surface area contributed by atoms with Gasteiger partial charge in [-0.1, -0.05) is 4.48 Å². The van der Waals surface area contributed by atoms with Crippen LogP contribution in [0.1, 0.15) is 0 Å². The zero-order chi connectivity index (χ0) is 9.54. The number of fused-ring (bicyclic) bond motifs is 3. The van der Waals surface area contributed by atoms with Gasteiger partial charge in [-0.2, -0.15) is 4.79 Å². The molecular formula is C10H6FN3. The van der Waals surface area contributed by atoms with E-state index in [0.29, 0.717) is 15.8 Å². The molecule has 0 unspecified atom stereocenters. The maximum Gasteiger partial charge on any atom is 0.127 e. The summed E-state index contributed by atoms with van der Waals surface area (Å²) in [7, 11) is 0. The van der Waals surface area contributed by atoms with Crippen LogP contribution >= 0.6 is 0 Å². The van der Waals surface area contributed by atoms with Gasteiger partial charge in [-0.3, -0.25) is 4.98 Å². The predicted octanol–water partition coefficient (Wildman–Crippen LogP) is 2.32.